The number of pyridine rings is 2. The van der Waals surface area contributed by atoms with Crippen LogP contribution in [0.5, 0.6) is 5.75 Å². The van der Waals surface area contributed by atoms with Crippen molar-refractivity contribution in [1.82, 2.24) is 25.1 Å². The Labute approximate surface area is 142 Å². The Morgan fingerprint density at radius 2 is 1.80 bits per heavy atom. The molecule has 6 heteroatoms. The number of fused-ring (bicyclic) bond motifs is 2. The van der Waals surface area contributed by atoms with Crippen molar-refractivity contribution in [3.8, 4) is 28.3 Å². The molecule has 0 fully saturated rings. The highest BCUT2D eigenvalue weighted by atomic mass is 16.3. The largest absolute Gasteiger partial charge is 0.506 e. The van der Waals surface area contributed by atoms with Gasteiger partial charge in [0.05, 0.1) is 29.1 Å². The minimum absolute atomic E-state index is 0.146. The second-order valence-electron chi connectivity index (χ2n) is 5.91. The van der Waals surface area contributed by atoms with E-state index in [4.69, 9.17) is 0 Å². The molecule has 0 bridgehead atoms. The Morgan fingerprint density at radius 1 is 0.840 bits per heavy atom. The van der Waals surface area contributed by atoms with Gasteiger partial charge < -0.3 is 10.1 Å². The number of H-pyrrole nitrogens is 2. The molecule has 3 N–H and O–H groups in total. The predicted molar refractivity (Wildman–Crippen MR) is 96.1 cm³/mol. The Morgan fingerprint density at radius 3 is 2.68 bits per heavy atom. The maximum absolute atomic E-state index is 9.67. The predicted octanol–water partition coefficient (Wildman–Crippen LogP) is 3.87. The van der Waals surface area contributed by atoms with Crippen molar-refractivity contribution in [2.45, 2.75) is 0 Å². The molecule has 0 spiro atoms. The molecule has 4 heterocycles. The summed E-state index contributed by atoms with van der Waals surface area (Å²) < 4.78 is 0. The maximum Gasteiger partial charge on any atom is 0.134 e. The number of benzene rings is 1. The fourth-order valence-corrected chi connectivity index (χ4v) is 3.08. The van der Waals surface area contributed by atoms with Crippen LogP contribution in [0.2, 0.25) is 0 Å². The van der Waals surface area contributed by atoms with E-state index in [1.165, 1.54) is 6.20 Å². The lowest BCUT2D eigenvalue weighted by Gasteiger charge is -2.02. The molecule has 6 nitrogen and oxygen atoms in total. The smallest absolute Gasteiger partial charge is 0.134 e. The number of aromatic hydroxyl groups is 1. The summed E-state index contributed by atoms with van der Waals surface area (Å²) in [5.41, 5.74) is 5.53. The highest BCUT2D eigenvalue weighted by Crippen LogP contribution is 2.32. The first kappa shape index (κ1) is 13.7. The van der Waals surface area contributed by atoms with E-state index in [9.17, 15) is 5.11 Å². The summed E-state index contributed by atoms with van der Waals surface area (Å²) in [5.74, 6) is 0.146. The van der Waals surface area contributed by atoms with Crippen LogP contribution >= 0.6 is 0 Å². The minimum atomic E-state index is 0.146. The average Bonchev–Trinajstić information content (AvgIpc) is 3.24. The third-order valence-corrected chi connectivity index (χ3v) is 4.30. The Bertz CT molecular complexity index is 1190. The number of hydrogen-bond donors (Lipinski definition) is 3. The summed E-state index contributed by atoms with van der Waals surface area (Å²) in [7, 11) is 0. The number of nitrogens with one attached hydrogen (secondary N) is 2. The summed E-state index contributed by atoms with van der Waals surface area (Å²) in [6.07, 6.45) is 6.73. The molecule has 0 atom stereocenters. The topological polar surface area (TPSA) is 90.5 Å². The summed E-state index contributed by atoms with van der Waals surface area (Å²) in [4.78, 5) is 11.6. The fourth-order valence-electron chi connectivity index (χ4n) is 3.08. The normalized spacial score (nSPS) is 11.4. The number of aromatic nitrogens is 5. The van der Waals surface area contributed by atoms with Gasteiger partial charge in [0.2, 0.25) is 0 Å². The number of nitrogens with zero attached hydrogens (tertiary/aromatic N) is 3. The van der Waals surface area contributed by atoms with Crippen LogP contribution < -0.4 is 0 Å². The molecule has 5 rings (SSSR count). The lowest BCUT2D eigenvalue weighted by atomic mass is 10.0. The molecule has 1 aromatic carbocycles. The summed E-state index contributed by atoms with van der Waals surface area (Å²) in [6.45, 7) is 0. The molecule has 120 valence electrons. The molecule has 5 aromatic rings. The van der Waals surface area contributed by atoms with E-state index in [1.54, 1.807) is 24.7 Å². The van der Waals surface area contributed by atoms with Crippen molar-refractivity contribution < 1.29 is 5.11 Å². The molecule has 25 heavy (non-hydrogen) atoms. The zero-order valence-electron chi connectivity index (χ0n) is 13.1. The molecule has 0 aliphatic carbocycles. The van der Waals surface area contributed by atoms with E-state index in [-0.39, 0.29) is 5.75 Å². The molecule has 0 saturated heterocycles. The van der Waals surface area contributed by atoms with E-state index in [1.807, 2.05) is 24.3 Å². The highest BCUT2D eigenvalue weighted by Gasteiger charge is 2.12. The van der Waals surface area contributed by atoms with Gasteiger partial charge in [-0.2, -0.15) is 5.10 Å². The Hall–Kier alpha value is -3.67. The highest BCUT2D eigenvalue weighted by molar-refractivity contribution is 5.97. The minimum Gasteiger partial charge on any atom is -0.506 e. The van der Waals surface area contributed by atoms with Gasteiger partial charge in [-0.15, -0.1) is 0 Å². The van der Waals surface area contributed by atoms with Crippen molar-refractivity contribution in [3.63, 3.8) is 0 Å². The average molecular weight is 327 g/mol. The van der Waals surface area contributed by atoms with Gasteiger partial charge in [-0.05, 0) is 35.9 Å². The Balaban J connectivity index is 1.70. The fraction of sp³-hybridized carbons (Fsp3) is 0. The van der Waals surface area contributed by atoms with Crippen molar-refractivity contribution >= 4 is 21.8 Å². The third-order valence-electron chi connectivity index (χ3n) is 4.30. The van der Waals surface area contributed by atoms with Gasteiger partial charge in [0, 0.05) is 28.7 Å². The second kappa shape index (κ2) is 5.17. The van der Waals surface area contributed by atoms with Crippen molar-refractivity contribution in [3.05, 3.63) is 61.2 Å². The number of hydrogen-bond acceptors (Lipinski definition) is 4. The van der Waals surface area contributed by atoms with Crippen molar-refractivity contribution in [2.24, 2.45) is 0 Å². The van der Waals surface area contributed by atoms with Crippen LogP contribution in [0.25, 0.3) is 44.3 Å². The quantitative estimate of drug-likeness (QED) is 0.459. The molecular formula is C19H13N5O. The zero-order valence-corrected chi connectivity index (χ0v) is 13.1. The molecule has 0 unspecified atom stereocenters. The number of rotatable bonds is 2. The van der Waals surface area contributed by atoms with Crippen LogP contribution in [0, 0.1) is 0 Å². The van der Waals surface area contributed by atoms with E-state index in [0.717, 1.165) is 44.3 Å². The van der Waals surface area contributed by atoms with E-state index >= 15 is 0 Å². The van der Waals surface area contributed by atoms with Gasteiger partial charge in [-0.3, -0.25) is 15.1 Å². The molecule has 4 aromatic heterocycles. The van der Waals surface area contributed by atoms with Crippen LogP contribution in [-0.4, -0.2) is 30.3 Å². The SMILES string of the molecule is Oc1cncc(-c2ccc3[nH]nc(-c4cc5ccncc5[nH]4)c3c2)c1. The van der Waals surface area contributed by atoms with Crippen molar-refractivity contribution in [2.75, 3.05) is 0 Å². The zero-order chi connectivity index (χ0) is 16.8. The van der Waals surface area contributed by atoms with Gasteiger partial charge in [-0.25, -0.2) is 0 Å². The first-order chi connectivity index (χ1) is 12.3. The van der Waals surface area contributed by atoms with Gasteiger partial charge in [0.25, 0.3) is 0 Å². The summed E-state index contributed by atoms with van der Waals surface area (Å²) in [5, 5.41) is 19.3. The second-order valence-corrected chi connectivity index (χ2v) is 5.91. The molecule has 0 aliphatic rings. The molecule has 0 saturated carbocycles. The van der Waals surface area contributed by atoms with Crippen LogP contribution in [0.1, 0.15) is 0 Å². The molecule has 0 aliphatic heterocycles. The standard InChI is InChI=1S/C19H13N5O/c25-14-5-13(8-21-9-14)11-1-2-16-15(6-11)19(24-23-16)17-7-12-3-4-20-10-18(12)22-17/h1-10,22,25H,(H,23,24). The Kier molecular flexibility index (Phi) is 2.84. The molecule has 0 amide bonds. The lowest BCUT2D eigenvalue weighted by Crippen LogP contribution is -1.82. The number of aromatic amines is 2. The van der Waals surface area contributed by atoms with Crippen molar-refractivity contribution in [1.29, 1.82) is 0 Å². The third kappa shape index (κ3) is 2.23. The van der Waals surface area contributed by atoms with Crippen LogP contribution in [-0.2, 0) is 0 Å². The van der Waals surface area contributed by atoms with Gasteiger partial charge in [0.15, 0.2) is 0 Å². The van der Waals surface area contributed by atoms with E-state index < -0.39 is 0 Å². The van der Waals surface area contributed by atoms with Crippen LogP contribution in [0.4, 0.5) is 0 Å². The molecule has 0 radical (unpaired) electrons. The summed E-state index contributed by atoms with van der Waals surface area (Å²) in [6, 6.07) is 11.7. The molecular weight excluding hydrogens is 314 g/mol. The first-order valence-electron chi connectivity index (χ1n) is 7.83. The van der Waals surface area contributed by atoms with Gasteiger partial charge >= 0.3 is 0 Å². The first-order valence-corrected chi connectivity index (χ1v) is 7.83. The summed E-state index contributed by atoms with van der Waals surface area (Å²) >= 11 is 0. The lowest BCUT2D eigenvalue weighted by molar-refractivity contribution is 0.473. The van der Waals surface area contributed by atoms with Gasteiger partial charge in [0.1, 0.15) is 11.4 Å². The maximum atomic E-state index is 9.67. The monoisotopic (exact) mass is 327 g/mol. The van der Waals surface area contributed by atoms with Crippen LogP contribution in [0.3, 0.4) is 0 Å². The van der Waals surface area contributed by atoms with Crippen LogP contribution in [0.15, 0.2) is 61.2 Å². The van der Waals surface area contributed by atoms with Gasteiger partial charge in [-0.1, -0.05) is 6.07 Å². The van der Waals surface area contributed by atoms with E-state index in [2.05, 4.69) is 31.2 Å². The van der Waals surface area contributed by atoms with E-state index in [0.29, 0.717) is 0 Å².